The molecule has 162 valence electrons. The van der Waals surface area contributed by atoms with Gasteiger partial charge < -0.3 is 14.8 Å². The highest BCUT2D eigenvalue weighted by Crippen LogP contribution is 2.50. The molecule has 5 nitrogen and oxygen atoms in total. The summed E-state index contributed by atoms with van der Waals surface area (Å²) in [4.78, 5) is 26.0. The van der Waals surface area contributed by atoms with Crippen LogP contribution in [0.15, 0.2) is 17.9 Å². The molecule has 0 bridgehead atoms. The number of benzene rings is 1. The second kappa shape index (κ2) is 7.52. The van der Waals surface area contributed by atoms with Gasteiger partial charge in [-0.2, -0.15) is 0 Å². The lowest BCUT2D eigenvalue weighted by Crippen LogP contribution is -2.51. The van der Waals surface area contributed by atoms with Crippen molar-refractivity contribution in [3.63, 3.8) is 0 Å². The number of carbonyl (C=O) groups is 2. The Morgan fingerprint density at radius 1 is 1.07 bits per heavy atom. The third kappa shape index (κ3) is 3.47. The summed E-state index contributed by atoms with van der Waals surface area (Å²) in [6.07, 6.45) is 5.37. The lowest BCUT2D eigenvalue weighted by molar-refractivity contribution is -0.145. The van der Waals surface area contributed by atoms with Gasteiger partial charge in [-0.05, 0) is 76.0 Å². The van der Waals surface area contributed by atoms with E-state index in [2.05, 4.69) is 24.4 Å². The lowest BCUT2D eigenvalue weighted by atomic mass is 9.72. The number of hydrogen-bond acceptors (Lipinski definition) is 4. The third-order valence-electron chi connectivity index (χ3n) is 7.04. The molecule has 1 aromatic rings. The van der Waals surface area contributed by atoms with Crippen molar-refractivity contribution < 1.29 is 19.1 Å². The van der Waals surface area contributed by atoms with Crippen molar-refractivity contribution in [2.45, 2.75) is 84.3 Å². The van der Waals surface area contributed by atoms with Crippen LogP contribution in [0, 0.1) is 26.7 Å². The van der Waals surface area contributed by atoms with Gasteiger partial charge in [0, 0.05) is 6.61 Å². The van der Waals surface area contributed by atoms with E-state index in [0.29, 0.717) is 11.3 Å². The average molecular weight is 412 g/mol. The van der Waals surface area contributed by atoms with Crippen molar-refractivity contribution in [2.75, 3.05) is 6.61 Å². The van der Waals surface area contributed by atoms with Crippen LogP contribution in [0.2, 0.25) is 0 Å². The van der Waals surface area contributed by atoms with Gasteiger partial charge in [0.25, 0.3) is 5.91 Å². The number of ether oxygens (including phenoxy) is 2. The highest BCUT2D eigenvalue weighted by Gasteiger charge is 2.54. The van der Waals surface area contributed by atoms with Gasteiger partial charge in [-0.25, -0.2) is 0 Å². The Balaban J connectivity index is 1.80. The summed E-state index contributed by atoms with van der Waals surface area (Å²) < 4.78 is 12.1. The first-order valence-electron chi connectivity index (χ1n) is 11.2. The van der Waals surface area contributed by atoms with E-state index in [1.807, 2.05) is 27.7 Å². The van der Waals surface area contributed by atoms with Crippen LogP contribution in [0.3, 0.4) is 0 Å². The molecule has 30 heavy (non-hydrogen) atoms. The number of amides is 1. The molecule has 1 N–H and O–H groups in total. The first-order valence-corrected chi connectivity index (χ1v) is 11.2. The van der Waals surface area contributed by atoms with E-state index in [1.165, 1.54) is 0 Å². The molecule has 0 aromatic heterocycles. The van der Waals surface area contributed by atoms with E-state index < -0.39 is 5.54 Å². The first-order chi connectivity index (χ1) is 14.2. The predicted molar refractivity (Wildman–Crippen MR) is 116 cm³/mol. The predicted octanol–water partition coefficient (Wildman–Crippen LogP) is 4.51. The van der Waals surface area contributed by atoms with Gasteiger partial charge in [0.1, 0.15) is 5.76 Å². The smallest absolute Gasteiger partial charge is 0.313 e. The van der Waals surface area contributed by atoms with Crippen LogP contribution in [0.1, 0.15) is 74.6 Å². The Morgan fingerprint density at radius 2 is 1.70 bits per heavy atom. The molecule has 2 heterocycles. The van der Waals surface area contributed by atoms with Crippen molar-refractivity contribution in [3.8, 4) is 0 Å². The molecular weight excluding hydrogens is 378 g/mol. The third-order valence-corrected chi connectivity index (χ3v) is 7.04. The van der Waals surface area contributed by atoms with E-state index in [-0.39, 0.29) is 23.4 Å². The summed E-state index contributed by atoms with van der Waals surface area (Å²) in [7, 11) is 0. The quantitative estimate of drug-likeness (QED) is 0.743. The largest absolute Gasteiger partial charge is 0.427 e. The van der Waals surface area contributed by atoms with Crippen molar-refractivity contribution in [3.05, 3.63) is 40.1 Å². The molecule has 0 radical (unpaired) electrons. The van der Waals surface area contributed by atoms with Crippen LogP contribution >= 0.6 is 0 Å². The minimum absolute atomic E-state index is 0.0679. The standard InChI is InChI=1S/C25H33NO4/c1-15(2)23(28)30-21-20(19-17(4)13-16(3)14-18(19)5)22(27)26-25(21)10-8-24(9-11-25)7-6-12-29-24/h13-15H,6-12H2,1-5H3,(H,26,27). The lowest BCUT2D eigenvalue weighted by Gasteiger charge is -2.43. The molecular formula is C25H33NO4. The first kappa shape index (κ1) is 21.1. The molecule has 4 rings (SSSR count). The Kier molecular flexibility index (Phi) is 5.29. The molecule has 1 amide bonds. The number of carbonyl (C=O) groups excluding carboxylic acids is 2. The van der Waals surface area contributed by atoms with Crippen LogP contribution in [0.5, 0.6) is 0 Å². The molecule has 1 saturated heterocycles. The minimum Gasteiger partial charge on any atom is -0.427 e. The molecule has 1 aromatic carbocycles. The number of hydrogen-bond donors (Lipinski definition) is 1. The van der Waals surface area contributed by atoms with Crippen LogP contribution in [-0.4, -0.2) is 29.6 Å². The van der Waals surface area contributed by atoms with E-state index >= 15 is 0 Å². The van der Waals surface area contributed by atoms with Crippen molar-refractivity contribution >= 4 is 17.4 Å². The van der Waals surface area contributed by atoms with Gasteiger partial charge in [-0.15, -0.1) is 0 Å². The Bertz CT molecular complexity index is 888. The van der Waals surface area contributed by atoms with Crippen molar-refractivity contribution in [1.82, 2.24) is 5.32 Å². The fraction of sp³-hybridized carbons (Fsp3) is 0.600. The molecule has 0 unspecified atom stereocenters. The highest BCUT2D eigenvalue weighted by molar-refractivity contribution is 6.24. The van der Waals surface area contributed by atoms with Crippen molar-refractivity contribution in [1.29, 1.82) is 0 Å². The number of rotatable bonds is 3. The molecule has 1 saturated carbocycles. The molecule has 3 aliphatic rings. The fourth-order valence-corrected chi connectivity index (χ4v) is 5.48. The minimum atomic E-state index is -0.627. The summed E-state index contributed by atoms with van der Waals surface area (Å²) in [6.45, 7) is 10.6. The zero-order chi connectivity index (χ0) is 21.7. The van der Waals surface area contributed by atoms with Crippen LogP contribution < -0.4 is 5.32 Å². The van der Waals surface area contributed by atoms with Gasteiger partial charge in [0.2, 0.25) is 0 Å². The average Bonchev–Trinajstić information content (AvgIpc) is 3.22. The van der Waals surface area contributed by atoms with Gasteiger partial charge >= 0.3 is 5.97 Å². The van der Waals surface area contributed by atoms with Crippen LogP contribution in [0.4, 0.5) is 0 Å². The van der Waals surface area contributed by atoms with E-state index in [4.69, 9.17) is 9.47 Å². The molecule has 2 aliphatic heterocycles. The second-order valence-electron chi connectivity index (χ2n) is 9.72. The maximum Gasteiger partial charge on any atom is 0.313 e. The van der Waals surface area contributed by atoms with Gasteiger partial charge in [0.15, 0.2) is 0 Å². The Morgan fingerprint density at radius 3 is 2.23 bits per heavy atom. The van der Waals surface area contributed by atoms with Crippen molar-refractivity contribution in [2.24, 2.45) is 5.92 Å². The van der Waals surface area contributed by atoms with Gasteiger partial charge in [-0.1, -0.05) is 31.5 Å². The summed E-state index contributed by atoms with van der Waals surface area (Å²) in [5.74, 6) is -0.174. The van der Waals surface area contributed by atoms with Gasteiger partial charge in [0.05, 0.1) is 22.6 Å². The Labute approximate surface area is 179 Å². The van der Waals surface area contributed by atoms with Crippen LogP contribution in [0.25, 0.3) is 5.57 Å². The van der Waals surface area contributed by atoms with E-state index in [0.717, 1.165) is 67.4 Å². The van der Waals surface area contributed by atoms with E-state index in [9.17, 15) is 9.59 Å². The monoisotopic (exact) mass is 411 g/mol. The normalized spacial score (nSPS) is 28.7. The molecule has 2 spiro atoms. The second-order valence-corrected chi connectivity index (χ2v) is 9.72. The molecule has 5 heteroatoms. The van der Waals surface area contributed by atoms with E-state index in [1.54, 1.807) is 0 Å². The number of aryl methyl sites for hydroxylation is 3. The summed E-state index contributed by atoms with van der Waals surface area (Å²) >= 11 is 0. The molecule has 0 atom stereocenters. The summed E-state index contributed by atoms with van der Waals surface area (Å²) in [6, 6.07) is 4.16. The molecule has 2 fully saturated rings. The summed E-state index contributed by atoms with van der Waals surface area (Å²) in [5, 5.41) is 3.24. The maximum atomic E-state index is 13.3. The fourth-order valence-electron chi connectivity index (χ4n) is 5.48. The molecule has 1 aliphatic carbocycles. The van der Waals surface area contributed by atoms with Gasteiger partial charge in [-0.3, -0.25) is 9.59 Å². The summed E-state index contributed by atoms with van der Waals surface area (Å²) in [5.41, 5.74) is 3.93. The Hall–Kier alpha value is -2.14. The SMILES string of the molecule is Cc1cc(C)c(C2=C(OC(=O)C(C)C)C3(CCC4(CCCO4)CC3)NC2=O)c(C)c1. The maximum absolute atomic E-state index is 13.3. The topological polar surface area (TPSA) is 64.6 Å². The zero-order valence-corrected chi connectivity index (χ0v) is 18.8. The highest BCUT2D eigenvalue weighted by atomic mass is 16.5. The van der Waals surface area contributed by atoms with Crippen LogP contribution in [-0.2, 0) is 19.1 Å². The zero-order valence-electron chi connectivity index (χ0n) is 18.8. The number of esters is 1. The number of nitrogens with one attached hydrogen (secondary N) is 1.